The van der Waals surface area contributed by atoms with Crippen LogP contribution in [0.2, 0.25) is 0 Å². The highest BCUT2D eigenvalue weighted by atomic mass is 79.9. The van der Waals surface area contributed by atoms with Crippen LogP contribution in [0.1, 0.15) is 10.4 Å². The molecule has 0 aliphatic heterocycles. The standard InChI is InChI=1S/C12H13BrN2OS/c1-16-9-5-3-2-4-8(9)6-7-10-11(13)15-12(14)17-10/h2-5H,6-7H2,1H3,(H2,14,15). The van der Waals surface area contributed by atoms with Gasteiger partial charge < -0.3 is 10.5 Å². The molecular weight excluding hydrogens is 300 g/mol. The number of para-hydroxylation sites is 1. The molecule has 1 aromatic heterocycles. The summed E-state index contributed by atoms with van der Waals surface area (Å²) in [5, 5.41) is 0.604. The largest absolute Gasteiger partial charge is 0.496 e. The van der Waals surface area contributed by atoms with Crippen molar-refractivity contribution in [3.05, 3.63) is 39.3 Å². The molecule has 0 amide bonds. The van der Waals surface area contributed by atoms with Crippen LogP contribution >= 0.6 is 27.3 Å². The number of halogens is 1. The monoisotopic (exact) mass is 312 g/mol. The highest BCUT2D eigenvalue weighted by molar-refractivity contribution is 9.10. The summed E-state index contributed by atoms with van der Waals surface area (Å²) in [4.78, 5) is 5.32. The van der Waals surface area contributed by atoms with E-state index < -0.39 is 0 Å². The van der Waals surface area contributed by atoms with Crippen molar-refractivity contribution in [1.82, 2.24) is 4.98 Å². The number of hydrogen-bond donors (Lipinski definition) is 1. The van der Waals surface area contributed by atoms with Gasteiger partial charge in [0.25, 0.3) is 0 Å². The van der Waals surface area contributed by atoms with E-state index >= 15 is 0 Å². The Morgan fingerprint density at radius 3 is 2.76 bits per heavy atom. The van der Waals surface area contributed by atoms with E-state index in [1.165, 1.54) is 21.8 Å². The fourth-order valence-corrected chi connectivity index (χ4v) is 3.13. The Kier molecular flexibility index (Phi) is 4.02. The second kappa shape index (κ2) is 5.51. The minimum absolute atomic E-state index is 0.604. The minimum Gasteiger partial charge on any atom is -0.496 e. The van der Waals surface area contributed by atoms with Crippen LogP contribution < -0.4 is 10.5 Å². The van der Waals surface area contributed by atoms with E-state index in [1.807, 2.05) is 18.2 Å². The summed E-state index contributed by atoms with van der Waals surface area (Å²) in [6, 6.07) is 8.05. The Morgan fingerprint density at radius 1 is 1.35 bits per heavy atom. The topological polar surface area (TPSA) is 48.1 Å². The SMILES string of the molecule is COc1ccccc1CCc1sc(N)nc1Br. The molecule has 3 nitrogen and oxygen atoms in total. The number of aromatic nitrogens is 1. The zero-order chi connectivity index (χ0) is 12.3. The Morgan fingerprint density at radius 2 is 2.12 bits per heavy atom. The lowest BCUT2D eigenvalue weighted by Crippen LogP contribution is -1.94. The van der Waals surface area contributed by atoms with Gasteiger partial charge in [-0.05, 0) is 40.4 Å². The number of methoxy groups -OCH3 is 1. The molecule has 1 aromatic carbocycles. The highest BCUT2D eigenvalue weighted by Gasteiger charge is 2.08. The molecule has 5 heteroatoms. The van der Waals surface area contributed by atoms with Crippen molar-refractivity contribution in [2.45, 2.75) is 12.8 Å². The molecule has 2 aromatic rings. The van der Waals surface area contributed by atoms with Gasteiger partial charge in [0.2, 0.25) is 0 Å². The predicted octanol–water partition coefficient (Wildman–Crippen LogP) is 3.28. The summed E-state index contributed by atoms with van der Waals surface area (Å²) in [6.45, 7) is 0. The van der Waals surface area contributed by atoms with Gasteiger partial charge in [-0.3, -0.25) is 0 Å². The van der Waals surface area contributed by atoms with Crippen molar-refractivity contribution in [2.24, 2.45) is 0 Å². The van der Waals surface area contributed by atoms with Crippen LogP contribution in [-0.2, 0) is 12.8 Å². The van der Waals surface area contributed by atoms with Gasteiger partial charge in [0.1, 0.15) is 10.4 Å². The van der Waals surface area contributed by atoms with Gasteiger partial charge in [-0.2, -0.15) is 0 Å². The number of rotatable bonds is 4. The summed E-state index contributed by atoms with van der Waals surface area (Å²) in [5.74, 6) is 0.932. The van der Waals surface area contributed by atoms with Crippen molar-refractivity contribution in [2.75, 3.05) is 12.8 Å². The Bertz CT molecular complexity index is 513. The van der Waals surface area contributed by atoms with E-state index in [0.717, 1.165) is 23.2 Å². The third-order valence-electron chi connectivity index (χ3n) is 2.48. The fourth-order valence-electron chi connectivity index (χ4n) is 1.66. The Hall–Kier alpha value is -1.07. The zero-order valence-electron chi connectivity index (χ0n) is 9.44. The average Bonchev–Trinajstić information content (AvgIpc) is 2.65. The molecular formula is C12H13BrN2OS. The number of anilines is 1. The lowest BCUT2D eigenvalue weighted by molar-refractivity contribution is 0.409. The fraction of sp³-hybridized carbons (Fsp3) is 0.250. The molecule has 2 N–H and O–H groups in total. The number of nitrogens with zero attached hydrogens (tertiary/aromatic N) is 1. The van der Waals surface area contributed by atoms with E-state index in [0.29, 0.717) is 5.13 Å². The third kappa shape index (κ3) is 2.98. The van der Waals surface area contributed by atoms with Crippen molar-refractivity contribution in [1.29, 1.82) is 0 Å². The molecule has 90 valence electrons. The van der Waals surface area contributed by atoms with Gasteiger partial charge in [-0.15, -0.1) is 11.3 Å². The molecule has 0 aliphatic rings. The lowest BCUT2D eigenvalue weighted by atomic mass is 10.1. The molecule has 0 saturated heterocycles. The summed E-state index contributed by atoms with van der Waals surface area (Å²) in [6.07, 6.45) is 1.83. The number of nitrogens with two attached hydrogens (primary N) is 1. The van der Waals surface area contributed by atoms with Crippen LogP contribution in [0.4, 0.5) is 5.13 Å². The minimum atomic E-state index is 0.604. The molecule has 1 heterocycles. The normalized spacial score (nSPS) is 10.5. The van der Waals surface area contributed by atoms with E-state index in [2.05, 4.69) is 27.0 Å². The van der Waals surface area contributed by atoms with Gasteiger partial charge >= 0.3 is 0 Å². The number of benzene rings is 1. The zero-order valence-corrected chi connectivity index (χ0v) is 11.8. The summed E-state index contributed by atoms with van der Waals surface area (Å²) in [5.41, 5.74) is 6.86. The number of ether oxygens (including phenoxy) is 1. The van der Waals surface area contributed by atoms with Crippen LogP contribution in [0, 0.1) is 0 Å². The maximum atomic E-state index is 5.66. The average molecular weight is 313 g/mol. The first kappa shape index (κ1) is 12.4. The molecule has 0 saturated carbocycles. The summed E-state index contributed by atoms with van der Waals surface area (Å²) >= 11 is 4.94. The van der Waals surface area contributed by atoms with Gasteiger partial charge in [0.05, 0.1) is 7.11 Å². The number of hydrogen-bond acceptors (Lipinski definition) is 4. The summed E-state index contributed by atoms with van der Waals surface area (Å²) in [7, 11) is 1.69. The van der Waals surface area contributed by atoms with Gasteiger partial charge in [-0.25, -0.2) is 4.98 Å². The first-order valence-corrected chi connectivity index (χ1v) is 6.84. The molecule has 0 unspecified atom stereocenters. The van der Waals surface area contributed by atoms with Crippen LogP contribution in [0.5, 0.6) is 5.75 Å². The Balaban J connectivity index is 2.09. The van der Waals surface area contributed by atoms with Crippen LogP contribution in [0.15, 0.2) is 28.9 Å². The van der Waals surface area contributed by atoms with E-state index in [9.17, 15) is 0 Å². The van der Waals surface area contributed by atoms with Crippen molar-refractivity contribution in [3.8, 4) is 5.75 Å². The van der Waals surface area contributed by atoms with E-state index in [-0.39, 0.29) is 0 Å². The van der Waals surface area contributed by atoms with Gasteiger partial charge in [0.15, 0.2) is 5.13 Å². The van der Waals surface area contributed by atoms with Crippen molar-refractivity contribution >= 4 is 32.4 Å². The number of nitrogen functional groups attached to an aromatic ring is 1. The third-order valence-corrected chi connectivity index (χ3v) is 4.34. The molecule has 0 fully saturated rings. The lowest BCUT2D eigenvalue weighted by Gasteiger charge is -2.06. The second-order valence-corrected chi connectivity index (χ2v) is 5.44. The van der Waals surface area contributed by atoms with Crippen LogP contribution in [0.25, 0.3) is 0 Å². The van der Waals surface area contributed by atoms with Crippen molar-refractivity contribution in [3.63, 3.8) is 0 Å². The first-order valence-electron chi connectivity index (χ1n) is 5.23. The van der Waals surface area contributed by atoms with Crippen LogP contribution in [-0.4, -0.2) is 12.1 Å². The summed E-state index contributed by atoms with van der Waals surface area (Å²) < 4.78 is 6.18. The predicted molar refractivity (Wildman–Crippen MR) is 74.6 cm³/mol. The number of aryl methyl sites for hydroxylation is 2. The molecule has 17 heavy (non-hydrogen) atoms. The smallest absolute Gasteiger partial charge is 0.181 e. The molecule has 2 rings (SSSR count). The molecule has 0 aliphatic carbocycles. The van der Waals surface area contributed by atoms with E-state index in [1.54, 1.807) is 7.11 Å². The quantitative estimate of drug-likeness (QED) is 0.942. The Labute approximate surface area is 113 Å². The molecule has 0 spiro atoms. The van der Waals surface area contributed by atoms with Gasteiger partial charge in [-0.1, -0.05) is 18.2 Å². The van der Waals surface area contributed by atoms with E-state index in [4.69, 9.17) is 10.5 Å². The molecule has 0 radical (unpaired) electrons. The van der Waals surface area contributed by atoms with Gasteiger partial charge in [0, 0.05) is 4.88 Å². The maximum absolute atomic E-state index is 5.66. The highest BCUT2D eigenvalue weighted by Crippen LogP contribution is 2.27. The second-order valence-electron chi connectivity index (χ2n) is 3.58. The maximum Gasteiger partial charge on any atom is 0.181 e. The van der Waals surface area contributed by atoms with Crippen LogP contribution in [0.3, 0.4) is 0 Å². The van der Waals surface area contributed by atoms with Crippen molar-refractivity contribution < 1.29 is 4.74 Å². The molecule has 0 bridgehead atoms. The number of thiazole rings is 1. The molecule has 0 atom stereocenters. The first-order chi connectivity index (χ1) is 8.20.